The van der Waals surface area contributed by atoms with Crippen LogP contribution in [0.1, 0.15) is 51.0 Å². The van der Waals surface area contributed by atoms with E-state index < -0.39 is 10.0 Å². The molecule has 2 amide bonds. The molecule has 0 bridgehead atoms. The fourth-order valence-electron chi connectivity index (χ4n) is 4.89. The molecule has 0 radical (unpaired) electrons. The van der Waals surface area contributed by atoms with Crippen LogP contribution in [0.4, 0.5) is 5.69 Å². The van der Waals surface area contributed by atoms with Gasteiger partial charge in [-0.05, 0) is 62.3 Å². The molecule has 164 valence electrons. The summed E-state index contributed by atoms with van der Waals surface area (Å²) in [6.07, 6.45) is 5.50. The van der Waals surface area contributed by atoms with Crippen LogP contribution in [0.15, 0.2) is 23.1 Å². The van der Waals surface area contributed by atoms with E-state index in [2.05, 4.69) is 0 Å². The second-order valence-electron chi connectivity index (χ2n) is 8.53. The quantitative estimate of drug-likeness (QED) is 0.731. The smallest absolute Gasteiger partial charge is 0.243 e. The molecule has 30 heavy (non-hydrogen) atoms. The molecular weight excluding hydrogens is 402 g/mol. The number of anilines is 1. The van der Waals surface area contributed by atoms with Crippen LogP contribution < -0.4 is 4.90 Å². The molecule has 0 spiro atoms. The normalized spacial score (nSPS) is 22.8. The summed E-state index contributed by atoms with van der Waals surface area (Å²) in [6.45, 7) is 4.87. The van der Waals surface area contributed by atoms with Gasteiger partial charge < -0.3 is 9.80 Å². The minimum Gasteiger partial charge on any atom is -0.342 e. The number of sulfonamides is 1. The van der Waals surface area contributed by atoms with E-state index in [9.17, 15) is 18.0 Å². The molecule has 3 aliphatic heterocycles. The lowest BCUT2D eigenvalue weighted by Gasteiger charge is -2.37. The van der Waals surface area contributed by atoms with Gasteiger partial charge in [-0.2, -0.15) is 4.31 Å². The first-order valence-corrected chi connectivity index (χ1v) is 12.6. The molecule has 1 atom stereocenters. The first-order chi connectivity index (χ1) is 14.4. The van der Waals surface area contributed by atoms with Crippen molar-refractivity contribution in [1.82, 2.24) is 9.21 Å². The average molecular weight is 434 g/mol. The SMILES string of the molecule is CCC(=O)N1CCCC(C(=O)N2CCCc3cc(S(=O)(=O)N4CCCC4)ccc32)C1. The van der Waals surface area contributed by atoms with E-state index in [0.717, 1.165) is 56.3 Å². The van der Waals surface area contributed by atoms with Crippen molar-refractivity contribution in [2.24, 2.45) is 5.92 Å². The number of amides is 2. The van der Waals surface area contributed by atoms with Gasteiger partial charge in [0.1, 0.15) is 0 Å². The van der Waals surface area contributed by atoms with E-state index in [1.165, 1.54) is 0 Å². The predicted octanol–water partition coefficient (Wildman–Crippen LogP) is 2.40. The molecule has 0 N–H and O–H groups in total. The number of fused-ring (bicyclic) bond motifs is 1. The molecule has 1 unspecified atom stereocenters. The second kappa shape index (κ2) is 8.67. The van der Waals surface area contributed by atoms with Crippen LogP contribution in [0.2, 0.25) is 0 Å². The number of hydrogen-bond donors (Lipinski definition) is 0. The Morgan fingerprint density at radius 3 is 2.53 bits per heavy atom. The highest BCUT2D eigenvalue weighted by atomic mass is 32.2. The van der Waals surface area contributed by atoms with Crippen molar-refractivity contribution < 1.29 is 18.0 Å². The van der Waals surface area contributed by atoms with Crippen LogP contribution >= 0.6 is 0 Å². The Kier molecular flexibility index (Phi) is 6.16. The monoisotopic (exact) mass is 433 g/mol. The first-order valence-electron chi connectivity index (χ1n) is 11.1. The van der Waals surface area contributed by atoms with E-state index in [4.69, 9.17) is 0 Å². The highest BCUT2D eigenvalue weighted by Gasteiger charge is 2.34. The Labute approximate surface area is 179 Å². The highest BCUT2D eigenvalue weighted by molar-refractivity contribution is 7.89. The maximum absolute atomic E-state index is 13.3. The highest BCUT2D eigenvalue weighted by Crippen LogP contribution is 2.33. The Balaban J connectivity index is 1.55. The Hall–Kier alpha value is -1.93. The molecule has 8 heteroatoms. The lowest BCUT2D eigenvalue weighted by Crippen LogP contribution is -2.48. The third-order valence-electron chi connectivity index (χ3n) is 6.56. The van der Waals surface area contributed by atoms with Crippen molar-refractivity contribution >= 4 is 27.5 Å². The Morgan fingerprint density at radius 2 is 1.80 bits per heavy atom. The van der Waals surface area contributed by atoms with Gasteiger partial charge in [0.15, 0.2) is 0 Å². The van der Waals surface area contributed by atoms with Crippen LogP contribution in [-0.4, -0.2) is 62.2 Å². The molecular formula is C22H31N3O4S. The van der Waals surface area contributed by atoms with Crippen LogP contribution in [0.25, 0.3) is 0 Å². The minimum atomic E-state index is -3.46. The number of likely N-dealkylation sites (tertiary alicyclic amines) is 1. The van der Waals surface area contributed by atoms with Crippen molar-refractivity contribution in [3.8, 4) is 0 Å². The summed E-state index contributed by atoms with van der Waals surface area (Å²) >= 11 is 0. The summed E-state index contributed by atoms with van der Waals surface area (Å²) in [4.78, 5) is 29.4. The topological polar surface area (TPSA) is 78.0 Å². The van der Waals surface area contributed by atoms with Gasteiger partial charge in [0.2, 0.25) is 21.8 Å². The van der Waals surface area contributed by atoms with Gasteiger partial charge in [0.25, 0.3) is 0 Å². The Morgan fingerprint density at radius 1 is 1.03 bits per heavy atom. The van der Waals surface area contributed by atoms with E-state index in [0.29, 0.717) is 37.5 Å². The number of carbonyl (C=O) groups is 2. The van der Waals surface area contributed by atoms with E-state index in [1.54, 1.807) is 22.5 Å². The standard InChI is InChI=1S/C22H31N3O4S/c1-2-21(26)23-11-5-8-18(16-23)22(27)25-14-6-7-17-15-19(9-10-20(17)25)30(28,29)24-12-3-4-13-24/h9-10,15,18H,2-8,11-14,16H2,1H3. The first kappa shape index (κ1) is 21.3. The van der Waals surface area contributed by atoms with E-state index in [1.807, 2.05) is 16.7 Å². The lowest BCUT2D eigenvalue weighted by atomic mass is 9.94. The van der Waals surface area contributed by atoms with Crippen molar-refractivity contribution in [2.75, 3.05) is 37.6 Å². The van der Waals surface area contributed by atoms with Crippen LogP contribution in [0.3, 0.4) is 0 Å². The number of rotatable bonds is 4. The summed E-state index contributed by atoms with van der Waals surface area (Å²) in [6, 6.07) is 5.20. The maximum atomic E-state index is 13.3. The molecule has 3 heterocycles. The average Bonchev–Trinajstić information content (AvgIpc) is 3.33. The summed E-state index contributed by atoms with van der Waals surface area (Å²) in [5.74, 6) is -0.0313. The molecule has 7 nitrogen and oxygen atoms in total. The van der Waals surface area contributed by atoms with Crippen molar-refractivity contribution in [3.63, 3.8) is 0 Å². The maximum Gasteiger partial charge on any atom is 0.243 e. The van der Waals surface area contributed by atoms with Crippen molar-refractivity contribution in [2.45, 2.75) is 56.8 Å². The lowest BCUT2D eigenvalue weighted by molar-refractivity contribution is -0.134. The van der Waals surface area contributed by atoms with Gasteiger partial charge in [-0.15, -0.1) is 0 Å². The van der Waals surface area contributed by atoms with E-state index >= 15 is 0 Å². The summed E-state index contributed by atoms with van der Waals surface area (Å²) < 4.78 is 27.4. The summed E-state index contributed by atoms with van der Waals surface area (Å²) in [5.41, 5.74) is 1.75. The fraction of sp³-hybridized carbons (Fsp3) is 0.636. The molecule has 4 rings (SSSR count). The molecule has 1 aromatic carbocycles. The number of aryl methyl sites for hydroxylation is 1. The zero-order chi connectivity index (χ0) is 21.3. The molecule has 1 aromatic rings. The molecule has 0 saturated carbocycles. The third kappa shape index (κ3) is 3.99. The van der Waals surface area contributed by atoms with Gasteiger partial charge in [-0.3, -0.25) is 9.59 Å². The second-order valence-corrected chi connectivity index (χ2v) is 10.5. The summed E-state index contributed by atoms with van der Waals surface area (Å²) in [7, 11) is -3.46. The minimum absolute atomic E-state index is 0.0553. The van der Waals surface area contributed by atoms with Crippen LogP contribution in [0, 0.1) is 5.92 Å². The van der Waals surface area contributed by atoms with Crippen molar-refractivity contribution in [3.05, 3.63) is 23.8 Å². The van der Waals surface area contributed by atoms with Gasteiger partial charge >= 0.3 is 0 Å². The molecule has 0 aromatic heterocycles. The molecule has 3 aliphatic rings. The van der Waals surface area contributed by atoms with Crippen LogP contribution in [0.5, 0.6) is 0 Å². The third-order valence-corrected chi connectivity index (χ3v) is 8.46. The fourth-order valence-corrected chi connectivity index (χ4v) is 6.46. The molecule has 0 aliphatic carbocycles. The molecule has 2 fully saturated rings. The number of hydrogen-bond acceptors (Lipinski definition) is 4. The largest absolute Gasteiger partial charge is 0.342 e. The number of nitrogens with zero attached hydrogens (tertiary/aromatic N) is 3. The zero-order valence-corrected chi connectivity index (χ0v) is 18.5. The number of piperidine rings is 1. The zero-order valence-electron chi connectivity index (χ0n) is 17.7. The Bertz CT molecular complexity index is 924. The predicted molar refractivity (Wildman–Crippen MR) is 115 cm³/mol. The number of carbonyl (C=O) groups excluding carboxylic acids is 2. The van der Waals surface area contributed by atoms with E-state index in [-0.39, 0.29) is 17.7 Å². The van der Waals surface area contributed by atoms with Crippen LogP contribution in [-0.2, 0) is 26.0 Å². The van der Waals surface area contributed by atoms with Gasteiger partial charge in [-0.25, -0.2) is 8.42 Å². The van der Waals surface area contributed by atoms with Gasteiger partial charge in [0.05, 0.1) is 10.8 Å². The number of benzene rings is 1. The van der Waals surface area contributed by atoms with Gasteiger partial charge in [-0.1, -0.05) is 6.92 Å². The van der Waals surface area contributed by atoms with Gasteiger partial charge in [0, 0.05) is 44.8 Å². The molecule has 2 saturated heterocycles. The summed E-state index contributed by atoms with van der Waals surface area (Å²) in [5, 5.41) is 0. The van der Waals surface area contributed by atoms with Crippen molar-refractivity contribution in [1.29, 1.82) is 0 Å².